The summed E-state index contributed by atoms with van der Waals surface area (Å²) in [5.41, 5.74) is 4.43. The van der Waals surface area contributed by atoms with Gasteiger partial charge in [0.2, 0.25) is 5.91 Å². The van der Waals surface area contributed by atoms with Gasteiger partial charge in [-0.3, -0.25) is 14.7 Å². The Kier molecular flexibility index (Phi) is 10.2. The van der Waals surface area contributed by atoms with Crippen LogP contribution in [0.5, 0.6) is 5.75 Å². The zero-order valence-electron chi connectivity index (χ0n) is 22.4. The maximum absolute atomic E-state index is 14.0. The van der Waals surface area contributed by atoms with Crippen molar-refractivity contribution in [3.05, 3.63) is 83.4 Å². The van der Waals surface area contributed by atoms with E-state index in [1.165, 1.54) is 6.07 Å². The molecule has 0 saturated carbocycles. The average molecular weight is 520 g/mol. The van der Waals surface area contributed by atoms with E-state index >= 15 is 0 Å². The fourth-order valence-electron chi connectivity index (χ4n) is 4.41. The Labute approximate surface area is 225 Å². The van der Waals surface area contributed by atoms with Gasteiger partial charge >= 0.3 is 0 Å². The summed E-state index contributed by atoms with van der Waals surface area (Å²) < 4.78 is 25.3. The minimum Gasteiger partial charge on any atom is -0.492 e. The van der Waals surface area contributed by atoms with Crippen molar-refractivity contribution in [2.75, 3.05) is 39.5 Å². The first-order valence-electron chi connectivity index (χ1n) is 13.5. The second kappa shape index (κ2) is 14.0. The molecule has 1 aliphatic heterocycles. The molecule has 202 valence electrons. The minimum atomic E-state index is -0.264. The number of carbonyl (C=O) groups is 1. The highest BCUT2D eigenvalue weighted by Crippen LogP contribution is 2.22. The van der Waals surface area contributed by atoms with E-state index in [4.69, 9.17) is 9.47 Å². The second-order valence-electron chi connectivity index (χ2n) is 10.2. The van der Waals surface area contributed by atoms with Crippen molar-refractivity contribution in [2.24, 2.45) is 5.92 Å². The zero-order chi connectivity index (χ0) is 26.7. The number of benzene rings is 2. The van der Waals surface area contributed by atoms with E-state index in [0.717, 1.165) is 73.7 Å². The molecule has 2 heterocycles. The lowest BCUT2D eigenvalue weighted by atomic mass is 10.0. The van der Waals surface area contributed by atoms with Crippen LogP contribution in [-0.4, -0.2) is 55.2 Å². The minimum absolute atomic E-state index is 0.142. The number of nitrogens with zero attached hydrogens (tertiary/aromatic N) is 2. The van der Waals surface area contributed by atoms with Gasteiger partial charge in [-0.2, -0.15) is 0 Å². The maximum atomic E-state index is 14.0. The average Bonchev–Trinajstić information content (AvgIpc) is 2.92. The van der Waals surface area contributed by atoms with Gasteiger partial charge in [0.05, 0.1) is 19.6 Å². The summed E-state index contributed by atoms with van der Waals surface area (Å²) >= 11 is 0. The molecule has 6 nitrogen and oxygen atoms in total. The third-order valence-corrected chi connectivity index (χ3v) is 6.65. The van der Waals surface area contributed by atoms with Crippen molar-refractivity contribution in [2.45, 2.75) is 39.7 Å². The Balaban J connectivity index is 1.23. The van der Waals surface area contributed by atoms with Crippen molar-refractivity contribution in [1.82, 2.24) is 15.2 Å². The molecule has 0 aliphatic carbocycles. The van der Waals surface area contributed by atoms with Gasteiger partial charge in [-0.25, -0.2) is 4.39 Å². The molecule has 0 radical (unpaired) electrons. The van der Waals surface area contributed by atoms with Crippen LogP contribution >= 0.6 is 0 Å². The molecule has 1 fully saturated rings. The van der Waals surface area contributed by atoms with Gasteiger partial charge in [-0.1, -0.05) is 38.1 Å². The van der Waals surface area contributed by atoms with E-state index < -0.39 is 0 Å². The van der Waals surface area contributed by atoms with Gasteiger partial charge in [-0.15, -0.1) is 0 Å². The molecule has 4 rings (SSSR count). The number of pyridine rings is 1. The number of hydrogen-bond acceptors (Lipinski definition) is 5. The van der Waals surface area contributed by atoms with Gasteiger partial charge in [-0.05, 0) is 65.8 Å². The third kappa shape index (κ3) is 8.92. The first-order chi connectivity index (χ1) is 18.4. The molecule has 0 unspecified atom stereocenters. The lowest BCUT2D eigenvalue weighted by molar-refractivity contribution is -0.120. The van der Waals surface area contributed by atoms with Crippen LogP contribution in [0.4, 0.5) is 4.39 Å². The highest BCUT2D eigenvalue weighted by atomic mass is 19.1. The molecule has 3 aromatic rings. The van der Waals surface area contributed by atoms with E-state index in [9.17, 15) is 9.18 Å². The molecular weight excluding hydrogens is 481 g/mol. The van der Waals surface area contributed by atoms with Gasteiger partial charge in [0, 0.05) is 43.6 Å². The van der Waals surface area contributed by atoms with Crippen LogP contribution in [0.15, 0.2) is 60.8 Å². The normalized spacial score (nSPS) is 14.0. The Morgan fingerprint density at radius 1 is 1.05 bits per heavy atom. The number of amides is 1. The summed E-state index contributed by atoms with van der Waals surface area (Å²) in [6, 6.07) is 16.8. The molecule has 1 amide bonds. The molecule has 0 atom stereocenters. The van der Waals surface area contributed by atoms with Gasteiger partial charge in [0.15, 0.2) is 0 Å². The van der Waals surface area contributed by atoms with E-state index in [-0.39, 0.29) is 18.1 Å². The lowest BCUT2D eigenvalue weighted by Gasteiger charge is -2.26. The van der Waals surface area contributed by atoms with E-state index in [1.807, 2.05) is 42.5 Å². The van der Waals surface area contributed by atoms with Crippen LogP contribution in [-0.2, 0) is 28.9 Å². The van der Waals surface area contributed by atoms with Crippen LogP contribution in [0.25, 0.3) is 11.1 Å². The summed E-state index contributed by atoms with van der Waals surface area (Å²) in [6.07, 6.45) is 3.79. The molecule has 1 saturated heterocycles. The van der Waals surface area contributed by atoms with Crippen molar-refractivity contribution >= 4 is 5.91 Å². The summed E-state index contributed by atoms with van der Waals surface area (Å²) in [5.74, 6) is 0.996. The molecule has 0 bridgehead atoms. The number of aryl methyl sites for hydroxylation is 1. The summed E-state index contributed by atoms with van der Waals surface area (Å²) in [4.78, 5) is 19.3. The SMILES string of the molecule is CC(C)CCc1cc(F)cc(CNC(=O)Cc2ccc(-c3ccc(OCCN4CCOCC4)cc3)cn2)c1. The highest BCUT2D eigenvalue weighted by Gasteiger charge is 2.10. The zero-order valence-corrected chi connectivity index (χ0v) is 22.4. The topological polar surface area (TPSA) is 63.7 Å². The quantitative estimate of drug-likeness (QED) is 0.363. The van der Waals surface area contributed by atoms with Crippen molar-refractivity contribution in [3.63, 3.8) is 0 Å². The highest BCUT2D eigenvalue weighted by molar-refractivity contribution is 5.78. The second-order valence-corrected chi connectivity index (χ2v) is 10.2. The molecule has 38 heavy (non-hydrogen) atoms. The predicted molar refractivity (Wildman–Crippen MR) is 148 cm³/mol. The predicted octanol–water partition coefficient (Wildman–Crippen LogP) is 5.05. The van der Waals surface area contributed by atoms with Gasteiger partial charge in [0.1, 0.15) is 18.2 Å². The van der Waals surface area contributed by atoms with Crippen LogP contribution in [0, 0.1) is 11.7 Å². The summed E-state index contributed by atoms with van der Waals surface area (Å²) in [7, 11) is 0. The number of morpholine rings is 1. The van der Waals surface area contributed by atoms with Crippen LogP contribution in [0.2, 0.25) is 0 Å². The maximum Gasteiger partial charge on any atom is 0.226 e. The van der Waals surface area contributed by atoms with E-state index in [2.05, 4.69) is 29.0 Å². The van der Waals surface area contributed by atoms with Crippen LogP contribution < -0.4 is 10.1 Å². The Morgan fingerprint density at radius 2 is 1.79 bits per heavy atom. The first kappa shape index (κ1) is 27.7. The Hall–Kier alpha value is -3.29. The summed E-state index contributed by atoms with van der Waals surface area (Å²) in [5, 5.41) is 2.89. The molecular formula is C31H38FN3O3. The third-order valence-electron chi connectivity index (χ3n) is 6.65. The standard InChI is InChI=1S/C31H38FN3O3/c1-23(2)3-4-24-17-25(19-28(32)18-24)21-34-31(36)20-29-8-5-27(22-33-29)26-6-9-30(10-7-26)38-16-13-35-11-14-37-15-12-35/h5-10,17-19,22-23H,3-4,11-16,20-21H2,1-2H3,(H,34,36). The number of ether oxygens (including phenoxy) is 2. The largest absolute Gasteiger partial charge is 0.492 e. The molecule has 1 aliphatic rings. The van der Waals surface area contributed by atoms with Crippen molar-refractivity contribution in [1.29, 1.82) is 0 Å². The number of halogens is 1. The number of aromatic nitrogens is 1. The van der Waals surface area contributed by atoms with Crippen molar-refractivity contribution in [3.8, 4) is 16.9 Å². The van der Waals surface area contributed by atoms with E-state index in [1.54, 1.807) is 12.3 Å². The van der Waals surface area contributed by atoms with E-state index in [0.29, 0.717) is 24.8 Å². The van der Waals surface area contributed by atoms with Crippen LogP contribution in [0.3, 0.4) is 0 Å². The van der Waals surface area contributed by atoms with Gasteiger partial charge < -0.3 is 14.8 Å². The van der Waals surface area contributed by atoms with Gasteiger partial charge in [0.25, 0.3) is 0 Å². The number of hydrogen-bond donors (Lipinski definition) is 1. The van der Waals surface area contributed by atoms with Crippen molar-refractivity contribution < 1.29 is 18.7 Å². The molecule has 0 spiro atoms. The fourth-order valence-corrected chi connectivity index (χ4v) is 4.41. The molecule has 7 heteroatoms. The molecule has 1 N–H and O–H groups in total. The number of carbonyl (C=O) groups excluding carboxylic acids is 1. The number of nitrogens with one attached hydrogen (secondary N) is 1. The smallest absolute Gasteiger partial charge is 0.226 e. The summed E-state index contributed by atoms with van der Waals surface area (Å²) in [6.45, 7) is 9.65. The monoisotopic (exact) mass is 519 g/mol. The van der Waals surface area contributed by atoms with Crippen LogP contribution in [0.1, 0.15) is 37.1 Å². The molecule has 2 aromatic carbocycles. The lowest BCUT2D eigenvalue weighted by Crippen LogP contribution is -2.38. The Morgan fingerprint density at radius 3 is 2.50 bits per heavy atom. The number of rotatable bonds is 12. The first-order valence-corrected chi connectivity index (χ1v) is 13.5. The Bertz CT molecular complexity index is 1160. The fraction of sp³-hybridized carbons (Fsp3) is 0.419. The molecule has 1 aromatic heterocycles.